The summed E-state index contributed by atoms with van der Waals surface area (Å²) in [6.07, 6.45) is 11.8. The van der Waals surface area contributed by atoms with Crippen LogP contribution >= 0.6 is 0 Å². The molecular weight excluding hydrogens is 500 g/mol. The number of fused-ring (bicyclic) bond motifs is 3. The minimum Gasteiger partial charge on any atom is -0.481 e. The number of aryl methyl sites for hydroxylation is 1. The Labute approximate surface area is 237 Å². The number of nitrogens with zero attached hydrogens (tertiary/aromatic N) is 8. The first-order chi connectivity index (χ1) is 20.7. The first kappa shape index (κ1) is 21.4. The lowest BCUT2D eigenvalue weighted by Gasteiger charge is -2.56. The Kier molecular flexibility index (Phi) is 5.14. The third-order valence-corrected chi connectivity index (χ3v) is 8.77. The van der Waals surface area contributed by atoms with Gasteiger partial charge < -0.3 is 9.64 Å². The zero-order chi connectivity index (χ0) is 29.8. The second-order valence-corrected chi connectivity index (χ2v) is 11.2. The standard InChI is InChI=1S/C31H30N8O/c1-40-29-5-2-22(13-35-29)16-38-25-11-26(38)19-37(18-25)28-4-3-23(14-34-28)27-10-21(6-7-31(20-33)8-9-31)17-39-30(27)24(12-32)15-36-39/h2-5,10,13-15,17,25-26H,6-9,11,16,18-19H2,1H3/i1D3. The van der Waals surface area contributed by atoms with Crippen LogP contribution in [0, 0.1) is 28.1 Å². The van der Waals surface area contributed by atoms with Gasteiger partial charge in [0.1, 0.15) is 11.9 Å². The number of piperazine rings is 1. The molecule has 4 fully saturated rings. The molecule has 2 unspecified atom stereocenters. The summed E-state index contributed by atoms with van der Waals surface area (Å²) in [4.78, 5) is 13.8. The van der Waals surface area contributed by atoms with E-state index in [0.29, 0.717) is 17.6 Å². The molecule has 4 aromatic rings. The van der Waals surface area contributed by atoms with E-state index >= 15 is 0 Å². The Bertz CT molecular complexity index is 1740. The topological polar surface area (TPSA) is 106 Å². The highest BCUT2D eigenvalue weighted by Gasteiger charge is 2.45. The van der Waals surface area contributed by atoms with Crippen LogP contribution in [-0.2, 0) is 13.0 Å². The summed E-state index contributed by atoms with van der Waals surface area (Å²) in [6, 6.07) is 15.3. The fourth-order valence-electron chi connectivity index (χ4n) is 6.21. The maximum atomic E-state index is 9.73. The van der Waals surface area contributed by atoms with Gasteiger partial charge in [0.15, 0.2) is 0 Å². The Morgan fingerprint density at radius 1 is 1.07 bits per heavy atom. The van der Waals surface area contributed by atoms with Crippen molar-refractivity contribution in [2.24, 2.45) is 5.41 Å². The third-order valence-electron chi connectivity index (χ3n) is 8.77. The van der Waals surface area contributed by atoms with Crippen molar-refractivity contribution < 1.29 is 8.85 Å². The average molecular weight is 534 g/mol. The molecule has 4 aromatic heterocycles. The van der Waals surface area contributed by atoms with Gasteiger partial charge in [0.25, 0.3) is 0 Å². The molecule has 7 heterocycles. The van der Waals surface area contributed by atoms with Gasteiger partial charge in [0.05, 0.1) is 39.9 Å². The summed E-state index contributed by atoms with van der Waals surface area (Å²) < 4.78 is 28.3. The normalized spacial score (nSPS) is 22.4. The predicted octanol–water partition coefficient (Wildman–Crippen LogP) is 4.37. The molecule has 2 atom stereocenters. The van der Waals surface area contributed by atoms with Gasteiger partial charge in [-0.3, -0.25) is 4.90 Å². The minimum absolute atomic E-state index is 0.100. The van der Waals surface area contributed by atoms with Crippen LogP contribution in [0.15, 0.2) is 55.1 Å². The summed E-state index contributed by atoms with van der Waals surface area (Å²) in [6.45, 7) is 2.50. The van der Waals surface area contributed by atoms with E-state index in [1.54, 1.807) is 23.0 Å². The van der Waals surface area contributed by atoms with Gasteiger partial charge in [0.2, 0.25) is 5.88 Å². The molecule has 9 nitrogen and oxygen atoms in total. The Hall–Kier alpha value is -4.47. The average Bonchev–Trinajstić information content (AvgIpc) is 3.68. The monoisotopic (exact) mass is 533 g/mol. The Morgan fingerprint density at radius 3 is 2.62 bits per heavy atom. The summed E-state index contributed by atoms with van der Waals surface area (Å²) in [7, 11) is -2.51. The lowest BCUT2D eigenvalue weighted by molar-refractivity contribution is -0.00876. The number of aromatic nitrogens is 4. The van der Waals surface area contributed by atoms with Crippen LogP contribution in [0.5, 0.6) is 5.88 Å². The lowest BCUT2D eigenvalue weighted by atomic mass is 9.87. The van der Waals surface area contributed by atoms with Crippen LogP contribution in [0.3, 0.4) is 0 Å². The largest absolute Gasteiger partial charge is 0.481 e. The molecule has 0 N–H and O–H groups in total. The number of ether oxygens (including phenoxy) is 1. The fraction of sp³-hybridized carbons (Fsp3) is 0.387. The second kappa shape index (κ2) is 9.62. The van der Waals surface area contributed by atoms with Crippen molar-refractivity contribution in [3.05, 3.63) is 71.8 Å². The molecule has 2 bridgehead atoms. The van der Waals surface area contributed by atoms with Crippen LogP contribution < -0.4 is 9.64 Å². The summed E-state index contributed by atoms with van der Waals surface area (Å²) in [5, 5.41) is 23.7. The molecule has 200 valence electrons. The van der Waals surface area contributed by atoms with Crippen molar-refractivity contribution in [2.45, 2.75) is 50.7 Å². The number of hydrogen-bond acceptors (Lipinski definition) is 8. The number of methoxy groups -OCH3 is 1. The van der Waals surface area contributed by atoms with E-state index in [-0.39, 0.29) is 11.3 Å². The second-order valence-electron chi connectivity index (χ2n) is 11.2. The van der Waals surface area contributed by atoms with Gasteiger partial charge in [-0.2, -0.15) is 15.6 Å². The lowest BCUT2D eigenvalue weighted by Crippen LogP contribution is -2.68. The van der Waals surface area contributed by atoms with Crippen molar-refractivity contribution >= 4 is 11.3 Å². The van der Waals surface area contributed by atoms with E-state index in [4.69, 9.17) is 13.8 Å². The van der Waals surface area contributed by atoms with Gasteiger partial charge in [-0.05, 0) is 61.4 Å². The Balaban J connectivity index is 1.04. The molecule has 0 spiro atoms. The molecule has 8 rings (SSSR count). The molecule has 1 saturated carbocycles. The van der Waals surface area contributed by atoms with E-state index in [2.05, 4.69) is 50.2 Å². The highest BCUT2D eigenvalue weighted by Crippen LogP contribution is 2.48. The Morgan fingerprint density at radius 2 is 1.95 bits per heavy atom. The quantitative estimate of drug-likeness (QED) is 0.329. The summed E-state index contributed by atoms with van der Waals surface area (Å²) >= 11 is 0. The van der Waals surface area contributed by atoms with E-state index in [1.165, 1.54) is 0 Å². The van der Waals surface area contributed by atoms with Crippen LogP contribution in [0.25, 0.3) is 16.6 Å². The van der Waals surface area contributed by atoms with Crippen LogP contribution in [0.1, 0.15) is 46.5 Å². The van der Waals surface area contributed by atoms with E-state index in [9.17, 15) is 10.5 Å². The van der Waals surface area contributed by atoms with Crippen LogP contribution in [-0.4, -0.2) is 56.7 Å². The number of nitriles is 2. The van der Waals surface area contributed by atoms with Crippen molar-refractivity contribution in [1.82, 2.24) is 24.5 Å². The molecule has 4 aliphatic rings. The van der Waals surface area contributed by atoms with Gasteiger partial charge >= 0.3 is 0 Å². The van der Waals surface area contributed by atoms with Crippen molar-refractivity contribution in [1.29, 1.82) is 10.5 Å². The van der Waals surface area contributed by atoms with Gasteiger partial charge in [0, 0.05) is 67.5 Å². The zero-order valence-electron chi connectivity index (χ0n) is 25.0. The molecule has 1 aliphatic carbocycles. The van der Waals surface area contributed by atoms with Crippen molar-refractivity contribution in [2.75, 3.05) is 25.0 Å². The van der Waals surface area contributed by atoms with Gasteiger partial charge in [-0.1, -0.05) is 6.07 Å². The molecule has 0 aromatic carbocycles. The molecular formula is C31H30N8O. The summed E-state index contributed by atoms with van der Waals surface area (Å²) in [5.74, 6) is 1.03. The molecule has 9 heteroatoms. The molecule has 40 heavy (non-hydrogen) atoms. The van der Waals surface area contributed by atoms with E-state index in [0.717, 1.165) is 85.3 Å². The first-order valence-corrected chi connectivity index (χ1v) is 13.7. The maximum Gasteiger partial charge on any atom is 0.212 e. The molecule has 0 radical (unpaired) electrons. The van der Waals surface area contributed by atoms with Crippen molar-refractivity contribution in [3.8, 4) is 29.1 Å². The van der Waals surface area contributed by atoms with Gasteiger partial charge in [-0.15, -0.1) is 0 Å². The fourth-order valence-corrected chi connectivity index (χ4v) is 6.21. The number of rotatable bonds is 8. The number of pyridine rings is 3. The zero-order valence-corrected chi connectivity index (χ0v) is 22.0. The van der Waals surface area contributed by atoms with Crippen LogP contribution in [0.4, 0.5) is 5.82 Å². The number of piperidine rings is 1. The van der Waals surface area contributed by atoms with Gasteiger partial charge in [-0.25, -0.2) is 14.5 Å². The molecule has 0 amide bonds. The highest BCUT2D eigenvalue weighted by atomic mass is 16.5. The van der Waals surface area contributed by atoms with Crippen molar-refractivity contribution in [3.63, 3.8) is 0 Å². The first-order valence-electron chi connectivity index (χ1n) is 15.2. The SMILES string of the molecule is [2H]C([2H])([2H])Oc1ccc(CN2C3CC2CN(c2ccc(-c4cc(CCC5(C#N)CC5)cn5ncc(C#N)c45)cn2)C3)cn1. The minimum atomic E-state index is -2.51. The maximum absolute atomic E-state index is 9.73. The number of anilines is 1. The highest BCUT2D eigenvalue weighted by molar-refractivity contribution is 5.84. The predicted molar refractivity (Wildman–Crippen MR) is 149 cm³/mol. The van der Waals surface area contributed by atoms with Crippen LogP contribution in [0.2, 0.25) is 0 Å². The number of hydrogen-bond donors (Lipinski definition) is 0. The smallest absolute Gasteiger partial charge is 0.212 e. The van der Waals surface area contributed by atoms with E-state index < -0.39 is 7.04 Å². The molecule has 3 aliphatic heterocycles. The summed E-state index contributed by atoms with van der Waals surface area (Å²) in [5.41, 5.74) is 5.07. The molecule has 3 saturated heterocycles. The van der Waals surface area contributed by atoms with E-state index in [1.807, 2.05) is 18.5 Å². The third kappa shape index (κ3) is 4.33.